The maximum atomic E-state index is 12.5. The van der Waals surface area contributed by atoms with Gasteiger partial charge in [0.15, 0.2) is 5.82 Å². The van der Waals surface area contributed by atoms with Crippen LogP contribution in [0.3, 0.4) is 0 Å². The Labute approximate surface area is 150 Å². The molecule has 0 bridgehead atoms. The Bertz CT molecular complexity index is 829. The van der Waals surface area contributed by atoms with Gasteiger partial charge in [-0.2, -0.15) is 10.2 Å². The zero-order valence-electron chi connectivity index (χ0n) is 14.4. The second-order valence-electron chi connectivity index (χ2n) is 6.21. The number of piperidine rings is 1. The minimum atomic E-state index is -0.135. The van der Waals surface area contributed by atoms with Crippen LogP contribution >= 0.6 is 0 Å². The van der Waals surface area contributed by atoms with Gasteiger partial charge >= 0.3 is 0 Å². The van der Waals surface area contributed by atoms with E-state index in [1.807, 2.05) is 6.07 Å². The van der Waals surface area contributed by atoms with Gasteiger partial charge in [0.05, 0.1) is 18.2 Å². The predicted octanol–water partition coefficient (Wildman–Crippen LogP) is 1.42. The van der Waals surface area contributed by atoms with E-state index in [1.165, 1.54) is 0 Å². The van der Waals surface area contributed by atoms with Gasteiger partial charge in [-0.15, -0.1) is 0 Å². The van der Waals surface area contributed by atoms with Gasteiger partial charge in [-0.3, -0.25) is 9.59 Å². The minimum Gasteiger partial charge on any atom is -0.347 e. The first-order chi connectivity index (χ1) is 12.6. The number of benzene rings is 1. The smallest absolute Gasteiger partial charge is 0.253 e. The van der Waals surface area contributed by atoms with Crippen LogP contribution in [0.25, 0.3) is 0 Å². The van der Waals surface area contributed by atoms with Gasteiger partial charge < -0.3 is 14.7 Å². The Morgan fingerprint density at radius 3 is 2.58 bits per heavy atom. The number of amides is 2. The molecule has 1 aliphatic heterocycles. The number of hydrogen-bond donors (Lipinski definition) is 1. The zero-order valence-corrected chi connectivity index (χ0v) is 14.4. The number of nitriles is 1. The molecule has 26 heavy (non-hydrogen) atoms. The second-order valence-corrected chi connectivity index (χ2v) is 6.21. The predicted molar refractivity (Wildman–Crippen MR) is 90.7 cm³/mol. The van der Waals surface area contributed by atoms with Gasteiger partial charge in [-0.25, -0.2) is 0 Å². The van der Waals surface area contributed by atoms with Crippen LogP contribution in [-0.4, -0.2) is 39.9 Å². The molecule has 134 valence electrons. The van der Waals surface area contributed by atoms with Gasteiger partial charge in [-0.1, -0.05) is 5.16 Å². The van der Waals surface area contributed by atoms with E-state index in [2.05, 4.69) is 15.5 Å². The summed E-state index contributed by atoms with van der Waals surface area (Å²) in [5, 5.41) is 15.3. The van der Waals surface area contributed by atoms with Crippen LogP contribution in [0, 0.1) is 24.2 Å². The van der Waals surface area contributed by atoms with E-state index < -0.39 is 0 Å². The number of carbonyl (C=O) groups is 2. The Morgan fingerprint density at radius 1 is 1.31 bits per heavy atom. The molecule has 1 aliphatic rings. The summed E-state index contributed by atoms with van der Waals surface area (Å²) in [5.41, 5.74) is 1.08. The van der Waals surface area contributed by atoms with Crippen molar-refractivity contribution >= 4 is 11.8 Å². The number of rotatable bonds is 4. The molecule has 1 fully saturated rings. The lowest BCUT2D eigenvalue weighted by Crippen LogP contribution is -2.42. The Morgan fingerprint density at radius 2 is 2.00 bits per heavy atom. The van der Waals surface area contributed by atoms with Crippen LogP contribution < -0.4 is 5.32 Å². The molecule has 1 saturated heterocycles. The quantitative estimate of drug-likeness (QED) is 0.889. The van der Waals surface area contributed by atoms with Crippen LogP contribution in [0.1, 0.15) is 40.5 Å². The molecule has 2 aromatic rings. The molecule has 8 heteroatoms. The standard InChI is InChI=1S/C18H19N5O3/c1-12-21-16(26-22-12)11-20-17(24)14-6-8-23(9-7-14)18(25)15-4-2-13(10-19)3-5-15/h2-5,14H,6-9,11H2,1H3,(H,20,24). The first-order valence-corrected chi connectivity index (χ1v) is 8.43. The minimum absolute atomic E-state index is 0.0636. The van der Waals surface area contributed by atoms with Crippen molar-refractivity contribution in [2.45, 2.75) is 26.3 Å². The lowest BCUT2D eigenvalue weighted by molar-refractivity contribution is -0.126. The summed E-state index contributed by atoms with van der Waals surface area (Å²) in [5.74, 6) is 0.637. The van der Waals surface area contributed by atoms with E-state index in [4.69, 9.17) is 9.78 Å². The largest absolute Gasteiger partial charge is 0.347 e. The molecule has 1 N–H and O–H groups in total. The summed E-state index contributed by atoms with van der Waals surface area (Å²) in [6, 6.07) is 8.61. The number of aryl methyl sites for hydroxylation is 1. The van der Waals surface area contributed by atoms with Crippen molar-refractivity contribution in [1.82, 2.24) is 20.4 Å². The van der Waals surface area contributed by atoms with E-state index in [1.54, 1.807) is 36.1 Å². The highest BCUT2D eigenvalue weighted by molar-refractivity contribution is 5.94. The molecule has 1 aromatic carbocycles. The van der Waals surface area contributed by atoms with Crippen molar-refractivity contribution in [3.05, 3.63) is 47.1 Å². The molecule has 0 unspecified atom stereocenters. The molecule has 0 radical (unpaired) electrons. The van der Waals surface area contributed by atoms with Gasteiger partial charge in [-0.05, 0) is 44.0 Å². The SMILES string of the molecule is Cc1noc(CNC(=O)C2CCN(C(=O)c3ccc(C#N)cc3)CC2)n1. The monoisotopic (exact) mass is 353 g/mol. The maximum absolute atomic E-state index is 12.5. The molecule has 0 aliphatic carbocycles. The summed E-state index contributed by atoms with van der Waals surface area (Å²) in [6.07, 6.45) is 1.22. The molecule has 1 aromatic heterocycles. The summed E-state index contributed by atoms with van der Waals surface area (Å²) < 4.78 is 4.97. The van der Waals surface area contributed by atoms with Crippen molar-refractivity contribution in [1.29, 1.82) is 5.26 Å². The van der Waals surface area contributed by atoms with E-state index in [0.29, 0.717) is 48.8 Å². The summed E-state index contributed by atoms with van der Waals surface area (Å²) >= 11 is 0. The molecular weight excluding hydrogens is 334 g/mol. The average molecular weight is 353 g/mol. The Balaban J connectivity index is 1.49. The lowest BCUT2D eigenvalue weighted by atomic mass is 9.95. The van der Waals surface area contributed by atoms with E-state index in [0.717, 1.165) is 0 Å². The fourth-order valence-corrected chi connectivity index (χ4v) is 2.93. The molecule has 8 nitrogen and oxygen atoms in total. The van der Waals surface area contributed by atoms with Gasteiger partial charge in [0.1, 0.15) is 0 Å². The number of nitrogens with zero attached hydrogens (tertiary/aromatic N) is 4. The number of nitrogens with one attached hydrogen (secondary N) is 1. The van der Waals surface area contributed by atoms with Gasteiger partial charge in [0.25, 0.3) is 5.91 Å². The fourth-order valence-electron chi connectivity index (χ4n) is 2.93. The van der Waals surface area contributed by atoms with Crippen LogP contribution in [0.15, 0.2) is 28.8 Å². The number of carbonyl (C=O) groups excluding carboxylic acids is 2. The summed E-state index contributed by atoms with van der Waals surface area (Å²) in [4.78, 5) is 30.6. The van der Waals surface area contributed by atoms with E-state index in [9.17, 15) is 9.59 Å². The van der Waals surface area contributed by atoms with Crippen LogP contribution in [0.2, 0.25) is 0 Å². The first kappa shape index (κ1) is 17.6. The summed E-state index contributed by atoms with van der Waals surface area (Å²) in [6.45, 7) is 2.98. The molecular formula is C18H19N5O3. The average Bonchev–Trinajstić information content (AvgIpc) is 3.11. The number of likely N-dealkylation sites (tertiary alicyclic amines) is 1. The fraction of sp³-hybridized carbons (Fsp3) is 0.389. The normalized spacial score (nSPS) is 14.7. The second kappa shape index (κ2) is 7.78. The topological polar surface area (TPSA) is 112 Å². The highest BCUT2D eigenvalue weighted by Crippen LogP contribution is 2.19. The van der Waals surface area contributed by atoms with Gasteiger partial charge in [0, 0.05) is 24.6 Å². The lowest BCUT2D eigenvalue weighted by Gasteiger charge is -2.31. The third-order valence-corrected chi connectivity index (χ3v) is 4.40. The zero-order chi connectivity index (χ0) is 18.5. The maximum Gasteiger partial charge on any atom is 0.253 e. The van der Waals surface area contributed by atoms with Crippen molar-refractivity contribution in [3.8, 4) is 6.07 Å². The number of hydrogen-bond acceptors (Lipinski definition) is 6. The third kappa shape index (κ3) is 4.06. The van der Waals surface area contributed by atoms with Crippen LogP contribution in [-0.2, 0) is 11.3 Å². The van der Waals surface area contributed by atoms with Crippen LogP contribution in [0.5, 0.6) is 0 Å². The molecule has 0 spiro atoms. The van der Waals surface area contributed by atoms with Crippen molar-refractivity contribution in [2.24, 2.45) is 5.92 Å². The van der Waals surface area contributed by atoms with Crippen molar-refractivity contribution in [2.75, 3.05) is 13.1 Å². The molecule has 2 amide bonds. The van der Waals surface area contributed by atoms with Crippen molar-refractivity contribution < 1.29 is 14.1 Å². The Kier molecular flexibility index (Phi) is 5.27. The first-order valence-electron chi connectivity index (χ1n) is 8.43. The highest BCUT2D eigenvalue weighted by Gasteiger charge is 2.27. The molecule has 0 atom stereocenters. The third-order valence-electron chi connectivity index (χ3n) is 4.40. The molecule has 2 heterocycles. The highest BCUT2D eigenvalue weighted by atomic mass is 16.5. The van der Waals surface area contributed by atoms with E-state index >= 15 is 0 Å². The van der Waals surface area contributed by atoms with E-state index in [-0.39, 0.29) is 24.3 Å². The Hall–Kier alpha value is -3.21. The van der Waals surface area contributed by atoms with Crippen LogP contribution in [0.4, 0.5) is 0 Å². The molecule has 0 saturated carbocycles. The number of aromatic nitrogens is 2. The molecule has 3 rings (SSSR count). The van der Waals surface area contributed by atoms with Gasteiger partial charge in [0.2, 0.25) is 11.8 Å². The van der Waals surface area contributed by atoms with Crippen molar-refractivity contribution in [3.63, 3.8) is 0 Å². The summed E-state index contributed by atoms with van der Waals surface area (Å²) in [7, 11) is 0.